The van der Waals surface area contributed by atoms with Gasteiger partial charge in [0.05, 0.1) is 42.1 Å². The third-order valence-corrected chi connectivity index (χ3v) is 7.69. The summed E-state index contributed by atoms with van der Waals surface area (Å²) in [4.78, 5) is 39.8. The van der Waals surface area contributed by atoms with Crippen LogP contribution in [0.4, 0.5) is 0 Å². The Bertz CT molecular complexity index is 1420. The zero-order valence-electron chi connectivity index (χ0n) is 21.8. The van der Waals surface area contributed by atoms with E-state index in [9.17, 15) is 29.7 Å². The Morgan fingerprint density at radius 2 is 1.74 bits per heavy atom. The van der Waals surface area contributed by atoms with E-state index < -0.39 is 53.7 Å². The predicted molar refractivity (Wildman–Crippen MR) is 142 cm³/mol. The van der Waals surface area contributed by atoms with Crippen molar-refractivity contribution in [2.24, 2.45) is 5.73 Å². The molecule has 0 saturated carbocycles. The van der Waals surface area contributed by atoms with Gasteiger partial charge in [0.1, 0.15) is 17.2 Å². The van der Waals surface area contributed by atoms with E-state index >= 15 is 0 Å². The second kappa shape index (κ2) is 10.4. The maximum atomic E-state index is 13.7. The quantitative estimate of drug-likeness (QED) is 0.349. The monoisotopic (exact) mass is 559 g/mol. The molecule has 0 bridgehead atoms. The molecule has 1 saturated heterocycles. The summed E-state index contributed by atoms with van der Waals surface area (Å²) in [5, 5.41) is 33.2. The van der Waals surface area contributed by atoms with E-state index in [1.54, 1.807) is 19.9 Å². The van der Waals surface area contributed by atoms with Crippen LogP contribution in [0.2, 0.25) is 0 Å². The number of ketones is 3. The van der Waals surface area contributed by atoms with Gasteiger partial charge < -0.3 is 35.3 Å². The van der Waals surface area contributed by atoms with Crippen LogP contribution in [-0.2, 0) is 14.3 Å². The minimum atomic E-state index is -1.02. The van der Waals surface area contributed by atoms with Crippen LogP contribution in [0.15, 0.2) is 23.8 Å². The first kappa shape index (κ1) is 28.7. The lowest BCUT2D eigenvalue weighted by Gasteiger charge is -2.39. The van der Waals surface area contributed by atoms with E-state index in [1.165, 1.54) is 26.2 Å². The molecule has 2 aromatic carbocycles. The molecule has 1 heterocycles. The third kappa shape index (κ3) is 4.32. The van der Waals surface area contributed by atoms with Gasteiger partial charge in [0.25, 0.3) is 0 Å². The van der Waals surface area contributed by atoms with Crippen LogP contribution in [0.25, 0.3) is 5.57 Å². The van der Waals surface area contributed by atoms with Crippen molar-refractivity contribution in [1.29, 1.82) is 0 Å². The van der Waals surface area contributed by atoms with Gasteiger partial charge in [-0.3, -0.25) is 14.4 Å². The van der Waals surface area contributed by atoms with Crippen molar-refractivity contribution in [3.8, 4) is 17.2 Å². The van der Waals surface area contributed by atoms with Gasteiger partial charge in [-0.25, -0.2) is 0 Å². The number of nitrogens with two attached hydrogens (primary N) is 1. The molecular formula is C28H30ClNO9. The highest BCUT2D eigenvalue weighted by atomic mass is 35.5. The number of allylic oxidation sites excluding steroid dienone is 1. The number of ether oxygens (including phenoxy) is 3. The largest absolute Gasteiger partial charge is 0.507 e. The minimum absolute atomic E-state index is 0. The Morgan fingerprint density at radius 3 is 2.36 bits per heavy atom. The molecule has 3 aliphatic rings. The fourth-order valence-corrected chi connectivity index (χ4v) is 5.73. The number of carbonyl (C=O) groups excluding carboxylic acids is 3. The fraction of sp³-hybridized carbons (Fsp3) is 0.393. The van der Waals surface area contributed by atoms with Gasteiger partial charge in [-0.2, -0.15) is 0 Å². The molecule has 5 unspecified atom stereocenters. The van der Waals surface area contributed by atoms with Crippen molar-refractivity contribution in [2.75, 3.05) is 7.11 Å². The first-order chi connectivity index (χ1) is 18.0. The van der Waals surface area contributed by atoms with E-state index in [-0.39, 0.29) is 70.2 Å². The van der Waals surface area contributed by atoms with Gasteiger partial charge in [-0.05, 0) is 32.4 Å². The van der Waals surface area contributed by atoms with Crippen LogP contribution < -0.4 is 10.5 Å². The lowest BCUT2D eigenvalue weighted by Crippen LogP contribution is -2.52. The topological polar surface area (TPSA) is 166 Å². The summed E-state index contributed by atoms with van der Waals surface area (Å²) in [5.74, 6) is -2.51. The predicted octanol–water partition coefficient (Wildman–Crippen LogP) is 2.95. The number of Topliss-reactive ketones (excluding diaryl/α,β-unsaturated/α-hetero) is 1. The number of carbonyl (C=O) groups is 3. The highest BCUT2D eigenvalue weighted by Gasteiger charge is 2.44. The molecule has 5 atom stereocenters. The second-order valence-corrected chi connectivity index (χ2v) is 9.93. The summed E-state index contributed by atoms with van der Waals surface area (Å²) >= 11 is 0. The number of methoxy groups -OCH3 is 1. The molecule has 5 rings (SSSR count). The summed E-state index contributed by atoms with van der Waals surface area (Å²) in [5.41, 5.74) is 6.19. The summed E-state index contributed by atoms with van der Waals surface area (Å²) in [6.07, 6.45) is -3.30. The van der Waals surface area contributed by atoms with Crippen molar-refractivity contribution in [2.45, 2.75) is 64.3 Å². The molecule has 2 aliphatic carbocycles. The minimum Gasteiger partial charge on any atom is -0.507 e. The maximum absolute atomic E-state index is 13.7. The standard InChI is InChI=1S/C28H29NO9.ClH/c1-10-14(11(2)30)8-17(38-18-9-15(29)24(31)12(3)37-18)21-19(10)26(33)22-23(28(21)35)27(34)20-13(25(22)32)6-5-7-16(20)36-4;/h5-7,12,15,17-18,24,31,33,35H,8-9,29H2,1-4H3;1H. The number of rotatable bonds is 4. The molecule has 1 aliphatic heterocycles. The summed E-state index contributed by atoms with van der Waals surface area (Å²) in [7, 11) is 1.36. The smallest absolute Gasteiger partial charge is 0.202 e. The van der Waals surface area contributed by atoms with Crippen LogP contribution in [0, 0.1) is 0 Å². The van der Waals surface area contributed by atoms with Crippen LogP contribution >= 0.6 is 12.4 Å². The lowest BCUT2D eigenvalue weighted by atomic mass is 9.75. The Hall–Kier alpha value is -3.28. The van der Waals surface area contributed by atoms with E-state index in [4.69, 9.17) is 19.9 Å². The van der Waals surface area contributed by atoms with Gasteiger partial charge in [-0.15, -0.1) is 12.4 Å². The van der Waals surface area contributed by atoms with Gasteiger partial charge in [0.2, 0.25) is 5.78 Å². The normalized spacial score (nSPS) is 25.8. The third-order valence-electron chi connectivity index (χ3n) is 7.69. The number of phenolic OH excluding ortho intramolecular Hbond substituents is 2. The lowest BCUT2D eigenvalue weighted by molar-refractivity contribution is -0.240. The molecule has 1 fully saturated rings. The number of halogens is 1. The molecule has 0 amide bonds. The number of hydrogen-bond donors (Lipinski definition) is 4. The Balaban J connectivity index is 0.00000353. The van der Waals surface area contributed by atoms with Crippen molar-refractivity contribution < 1.29 is 43.9 Å². The van der Waals surface area contributed by atoms with E-state index in [1.807, 2.05) is 0 Å². The average Bonchev–Trinajstić information content (AvgIpc) is 2.87. The second-order valence-electron chi connectivity index (χ2n) is 9.93. The van der Waals surface area contributed by atoms with Crippen LogP contribution in [-0.4, -0.2) is 64.3 Å². The van der Waals surface area contributed by atoms with Gasteiger partial charge >= 0.3 is 0 Å². The molecule has 0 aromatic heterocycles. The molecule has 0 spiro atoms. The molecule has 208 valence electrons. The number of benzene rings is 2. The van der Waals surface area contributed by atoms with E-state index in [2.05, 4.69) is 0 Å². The number of fused-ring (bicyclic) bond motifs is 3. The van der Waals surface area contributed by atoms with Crippen LogP contribution in [0.3, 0.4) is 0 Å². The van der Waals surface area contributed by atoms with Crippen LogP contribution in [0.5, 0.6) is 17.2 Å². The average molecular weight is 560 g/mol. The number of aliphatic hydroxyl groups is 1. The maximum Gasteiger partial charge on any atom is 0.202 e. The molecular weight excluding hydrogens is 530 g/mol. The van der Waals surface area contributed by atoms with Crippen molar-refractivity contribution in [3.05, 3.63) is 57.2 Å². The Morgan fingerprint density at radius 1 is 1.08 bits per heavy atom. The SMILES string of the molecule is COc1cccc2c1C(=O)c1c(O)c3c(c(O)c1C2=O)C(C)=C(C(C)=O)CC3OC1CC(N)C(O)C(C)O1.Cl. The fourth-order valence-electron chi connectivity index (χ4n) is 5.73. The number of hydrogen-bond acceptors (Lipinski definition) is 10. The number of aliphatic hydroxyl groups excluding tert-OH is 1. The van der Waals surface area contributed by atoms with Gasteiger partial charge in [0, 0.05) is 41.1 Å². The van der Waals surface area contributed by atoms with E-state index in [0.717, 1.165) is 0 Å². The molecule has 10 nitrogen and oxygen atoms in total. The number of phenols is 2. The molecule has 2 aromatic rings. The zero-order chi connectivity index (χ0) is 27.6. The summed E-state index contributed by atoms with van der Waals surface area (Å²) in [6, 6.07) is 3.90. The van der Waals surface area contributed by atoms with E-state index in [0.29, 0.717) is 11.1 Å². The highest BCUT2D eigenvalue weighted by Crippen LogP contribution is 2.53. The molecule has 5 N–H and O–H groups in total. The first-order valence-electron chi connectivity index (χ1n) is 12.3. The summed E-state index contributed by atoms with van der Waals surface area (Å²) in [6.45, 7) is 4.63. The van der Waals surface area contributed by atoms with Crippen molar-refractivity contribution in [3.63, 3.8) is 0 Å². The van der Waals surface area contributed by atoms with Gasteiger partial charge in [-0.1, -0.05) is 12.1 Å². The Kier molecular flexibility index (Phi) is 7.63. The molecule has 11 heteroatoms. The Labute approximate surface area is 230 Å². The zero-order valence-corrected chi connectivity index (χ0v) is 22.6. The first-order valence-corrected chi connectivity index (χ1v) is 12.3. The molecule has 0 radical (unpaired) electrons. The van der Waals surface area contributed by atoms with Crippen molar-refractivity contribution in [1.82, 2.24) is 0 Å². The highest BCUT2D eigenvalue weighted by molar-refractivity contribution is 6.31. The van der Waals surface area contributed by atoms with Crippen molar-refractivity contribution >= 4 is 35.3 Å². The molecule has 39 heavy (non-hydrogen) atoms. The van der Waals surface area contributed by atoms with Crippen LogP contribution in [0.1, 0.15) is 82.7 Å². The number of aromatic hydroxyl groups is 2. The van der Waals surface area contributed by atoms with Gasteiger partial charge in [0.15, 0.2) is 17.9 Å². The summed E-state index contributed by atoms with van der Waals surface area (Å²) < 4.78 is 17.3.